The first-order valence-corrected chi connectivity index (χ1v) is 9.16. The van der Waals surface area contributed by atoms with Gasteiger partial charge in [0.15, 0.2) is 12.4 Å². The quantitative estimate of drug-likeness (QED) is 0.469. The Bertz CT molecular complexity index is 1030. The molecule has 3 aromatic rings. The Kier molecular flexibility index (Phi) is 5.92. The van der Waals surface area contributed by atoms with Crippen molar-refractivity contribution >= 4 is 17.3 Å². The molecule has 1 aromatic heterocycles. The number of nitrogens with one attached hydrogen (secondary N) is 1. The van der Waals surface area contributed by atoms with E-state index in [1.807, 2.05) is 24.3 Å². The first kappa shape index (κ1) is 20.1. The summed E-state index contributed by atoms with van der Waals surface area (Å²) in [6.07, 6.45) is 1.65. The van der Waals surface area contributed by atoms with Crippen LogP contribution in [0.5, 0.6) is 5.75 Å². The zero-order valence-electron chi connectivity index (χ0n) is 16.5. The summed E-state index contributed by atoms with van der Waals surface area (Å²) in [5.74, 6) is 0.773. The number of carbonyl (C=O) groups is 1. The first-order valence-electron chi connectivity index (χ1n) is 9.16. The lowest BCUT2D eigenvalue weighted by atomic mass is 10.0. The molecule has 0 saturated heterocycles. The van der Waals surface area contributed by atoms with Gasteiger partial charge >= 0.3 is 0 Å². The van der Waals surface area contributed by atoms with E-state index < -0.39 is 10.8 Å². The number of non-ortho nitro benzene ring substituents is 1. The second kappa shape index (κ2) is 8.55. The summed E-state index contributed by atoms with van der Waals surface area (Å²) < 4.78 is 7.22. The number of nitrogens with zero attached hydrogens (tertiary/aromatic N) is 3. The molecule has 0 unspecified atom stereocenters. The molecule has 1 N–H and O–H groups in total. The molecule has 0 saturated carbocycles. The number of hydrogen-bond donors (Lipinski definition) is 1. The Morgan fingerprint density at radius 1 is 1.21 bits per heavy atom. The van der Waals surface area contributed by atoms with Crippen molar-refractivity contribution < 1.29 is 14.5 Å². The van der Waals surface area contributed by atoms with E-state index in [0.29, 0.717) is 17.2 Å². The minimum absolute atomic E-state index is 0.0247. The number of carbonyl (C=O) groups excluding carboxylic acids is 1. The number of amides is 1. The Morgan fingerprint density at radius 3 is 2.55 bits per heavy atom. The minimum Gasteiger partial charge on any atom is -0.471 e. The summed E-state index contributed by atoms with van der Waals surface area (Å²) >= 11 is 0. The van der Waals surface area contributed by atoms with Crippen LogP contribution in [-0.4, -0.2) is 20.6 Å². The van der Waals surface area contributed by atoms with Crippen LogP contribution in [0.4, 0.5) is 11.4 Å². The lowest BCUT2D eigenvalue weighted by Crippen LogP contribution is -2.15. The van der Waals surface area contributed by atoms with E-state index >= 15 is 0 Å². The highest BCUT2D eigenvalue weighted by molar-refractivity contribution is 6.03. The van der Waals surface area contributed by atoms with Crippen LogP contribution in [0.3, 0.4) is 0 Å². The Hall–Kier alpha value is -3.68. The third-order valence-corrected chi connectivity index (χ3v) is 4.45. The highest BCUT2D eigenvalue weighted by Gasteiger charge is 2.13. The molecule has 0 spiro atoms. The SMILES string of the molecule is Cc1cc([N+](=O)[O-])ccc1NC(=O)c1ccn(COc2ccc(C(C)C)cc2)n1. The molecule has 3 rings (SSSR count). The van der Waals surface area contributed by atoms with Gasteiger partial charge in [-0.15, -0.1) is 0 Å². The normalized spacial score (nSPS) is 10.8. The van der Waals surface area contributed by atoms with Gasteiger partial charge < -0.3 is 10.1 Å². The van der Waals surface area contributed by atoms with Crippen molar-refractivity contribution in [2.45, 2.75) is 33.4 Å². The lowest BCUT2D eigenvalue weighted by Gasteiger charge is -2.09. The minimum atomic E-state index is -0.476. The topological polar surface area (TPSA) is 99.3 Å². The average Bonchev–Trinajstić information content (AvgIpc) is 3.17. The largest absolute Gasteiger partial charge is 0.471 e. The number of hydrogen-bond acceptors (Lipinski definition) is 5. The van der Waals surface area contributed by atoms with Crippen LogP contribution < -0.4 is 10.1 Å². The molecular formula is C21H22N4O4. The molecule has 8 nitrogen and oxygen atoms in total. The van der Waals surface area contributed by atoms with Crippen molar-refractivity contribution in [2.24, 2.45) is 0 Å². The Morgan fingerprint density at radius 2 is 1.93 bits per heavy atom. The maximum atomic E-state index is 12.4. The number of anilines is 1. The van der Waals surface area contributed by atoms with Gasteiger partial charge in [-0.05, 0) is 48.2 Å². The fourth-order valence-electron chi connectivity index (χ4n) is 2.73. The zero-order valence-corrected chi connectivity index (χ0v) is 16.5. The van der Waals surface area contributed by atoms with Crippen molar-refractivity contribution in [2.75, 3.05) is 5.32 Å². The molecular weight excluding hydrogens is 372 g/mol. The highest BCUT2D eigenvalue weighted by atomic mass is 16.6. The molecule has 0 aliphatic rings. The van der Waals surface area contributed by atoms with Crippen LogP contribution in [0.25, 0.3) is 0 Å². The van der Waals surface area contributed by atoms with Gasteiger partial charge in [-0.3, -0.25) is 14.9 Å². The number of aryl methyl sites for hydroxylation is 1. The van der Waals surface area contributed by atoms with Crippen molar-refractivity contribution in [1.82, 2.24) is 9.78 Å². The molecule has 1 heterocycles. The van der Waals surface area contributed by atoms with Crippen LogP contribution in [-0.2, 0) is 6.73 Å². The summed E-state index contributed by atoms with van der Waals surface area (Å²) in [5, 5.41) is 17.7. The van der Waals surface area contributed by atoms with Crippen LogP contribution in [0.15, 0.2) is 54.7 Å². The first-order chi connectivity index (χ1) is 13.8. The lowest BCUT2D eigenvalue weighted by molar-refractivity contribution is -0.384. The smallest absolute Gasteiger partial charge is 0.276 e. The van der Waals surface area contributed by atoms with Crippen LogP contribution >= 0.6 is 0 Å². The third-order valence-electron chi connectivity index (χ3n) is 4.45. The zero-order chi connectivity index (χ0) is 21.0. The summed E-state index contributed by atoms with van der Waals surface area (Å²) in [4.78, 5) is 22.8. The third kappa shape index (κ3) is 4.98. The Balaban J connectivity index is 1.60. The predicted octanol–water partition coefficient (Wildman–Crippen LogP) is 4.51. The molecule has 2 aromatic carbocycles. The van der Waals surface area contributed by atoms with E-state index in [4.69, 9.17) is 4.74 Å². The maximum absolute atomic E-state index is 12.4. The van der Waals surface area contributed by atoms with E-state index in [0.717, 1.165) is 5.75 Å². The van der Waals surface area contributed by atoms with Gasteiger partial charge in [-0.2, -0.15) is 5.10 Å². The molecule has 150 valence electrons. The molecule has 29 heavy (non-hydrogen) atoms. The number of nitro benzene ring substituents is 1. The number of rotatable bonds is 7. The summed E-state index contributed by atoms with van der Waals surface area (Å²) in [6, 6.07) is 13.7. The van der Waals surface area contributed by atoms with Gasteiger partial charge in [0.25, 0.3) is 11.6 Å². The second-order valence-corrected chi connectivity index (χ2v) is 6.95. The standard InChI is InChI=1S/C21H22N4O4/c1-14(2)16-4-7-18(8-5-16)29-13-24-11-10-20(23-24)21(26)22-19-9-6-17(25(27)28)12-15(19)3/h4-12,14H,13H2,1-3H3,(H,22,26). The van der Waals surface area contributed by atoms with Crippen molar-refractivity contribution in [3.05, 3.63) is 81.7 Å². The molecule has 1 amide bonds. The molecule has 8 heteroatoms. The molecule has 0 aliphatic carbocycles. The summed E-state index contributed by atoms with van der Waals surface area (Å²) in [5.41, 5.74) is 2.53. The molecule has 0 atom stereocenters. The van der Waals surface area contributed by atoms with Crippen molar-refractivity contribution in [3.63, 3.8) is 0 Å². The van der Waals surface area contributed by atoms with Crippen molar-refractivity contribution in [1.29, 1.82) is 0 Å². The van der Waals surface area contributed by atoms with Gasteiger partial charge in [0.2, 0.25) is 0 Å². The molecule has 0 aliphatic heterocycles. The second-order valence-electron chi connectivity index (χ2n) is 6.95. The van der Waals surface area contributed by atoms with E-state index in [2.05, 4.69) is 24.3 Å². The van der Waals surface area contributed by atoms with Gasteiger partial charge in [0.1, 0.15) is 5.75 Å². The van der Waals surface area contributed by atoms with Crippen LogP contribution in [0.1, 0.15) is 41.4 Å². The fourth-order valence-corrected chi connectivity index (χ4v) is 2.73. The van der Waals surface area contributed by atoms with Gasteiger partial charge in [-0.1, -0.05) is 26.0 Å². The predicted molar refractivity (Wildman–Crippen MR) is 109 cm³/mol. The summed E-state index contributed by atoms with van der Waals surface area (Å²) in [6.45, 7) is 6.12. The Labute approximate surface area is 168 Å². The van der Waals surface area contributed by atoms with Crippen LogP contribution in [0.2, 0.25) is 0 Å². The number of aromatic nitrogens is 2. The average molecular weight is 394 g/mol. The fraction of sp³-hybridized carbons (Fsp3) is 0.238. The summed E-state index contributed by atoms with van der Waals surface area (Å²) in [7, 11) is 0. The van der Waals surface area contributed by atoms with E-state index in [1.165, 1.54) is 28.4 Å². The van der Waals surface area contributed by atoms with E-state index in [-0.39, 0.29) is 18.1 Å². The van der Waals surface area contributed by atoms with Gasteiger partial charge in [0, 0.05) is 24.0 Å². The molecule has 0 fully saturated rings. The maximum Gasteiger partial charge on any atom is 0.276 e. The van der Waals surface area contributed by atoms with Crippen molar-refractivity contribution in [3.8, 4) is 5.75 Å². The van der Waals surface area contributed by atoms with Gasteiger partial charge in [-0.25, -0.2) is 4.68 Å². The van der Waals surface area contributed by atoms with E-state index in [1.54, 1.807) is 19.2 Å². The number of benzene rings is 2. The molecule has 0 radical (unpaired) electrons. The number of nitro groups is 1. The monoisotopic (exact) mass is 394 g/mol. The highest BCUT2D eigenvalue weighted by Crippen LogP contribution is 2.22. The van der Waals surface area contributed by atoms with E-state index in [9.17, 15) is 14.9 Å². The molecule has 0 bridgehead atoms. The van der Waals surface area contributed by atoms with Crippen LogP contribution in [0, 0.1) is 17.0 Å². The van der Waals surface area contributed by atoms with Gasteiger partial charge in [0.05, 0.1) is 4.92 Å². The number of ether oxygens (including phenoxy) is 1.